The maximum Gasteiger partial charge on any atom is 0.417 e. The first-order valence-electron chi connectivity index (χ1n) is 12.3. The van der Waals surface area contributed by atoms with Gasteiger partial charge in [0.25, 0.3) is 0 Å². The van der Waals surface area contributed by atoms with Gasteiger partial charge in [0.15, 0.2) is 0 Å². The minimum Gasteiger partial charge on any atom is -0.299 e. The van der Waals surface area contributed by atoms with Gasteiger partial charge >= 0.3 is 12.4 Å². The van der Waals surface area contributed by atoms with E-state index >= 15 is 0 Å². The van der Waals surface area contributed by atoms with Crippen LogP contribution in [0.15, 0.2) is 48.5 Å². The molecule has 0 amide bonds. The fourth-order valence-corrected chi connectivity index (χ4v) is 5.38. The molecular formula is C28H32F6N2. The highest BCUT2D eigenvalue weighted by Gasteiger charge is 2.47. The van der Waals surface area contributed by atoms with Crippen LogP contribution in [0.3, 0.4) is 0 Å². The fourth-order valence-electron chi connectivity index (χ4n) is 5.38. The molecule has 8 heteroatoms. The maximum atomic E-state index is 13.7. The molecule has 2 nitrogen and oxygen atoms in total. The van der Waals surface area contributed by atoms with Crippen LogP contribution in [0, 0.1) is 17.2 Å². The molecule has 1 aliphatic carbocycles. The fraction of sp³-hybridized carbons (Fsp3) is 0.536. The van der Waals surface area contributed by atoms with Crippen molar-refractivity contribution in [2.75, 3.05) is 7.05 Å². The second-order valence-corrected chi connectivity index (χ2v) is 9.96. The van der Waals surface area contributed by atoms with Crippen LogP contribution in [-0.2, 0) is 24.3 Å². The lowest BCUT2D eigenvalue weighted by Crippen LogP contribution is -2.38. The highest BCUT2D eigenvalue weighted by atomic mass is 19.4. The summed E-state index contributed by atoms with van der Waals surface area (Å²) in [5.41, 5.74) is -3.58. The molecule has 0 N–H and O–H groups in total. The summed E-state index contributed by atoms with van der Waals surface area (Å²) in [4.78, 5) is 2.12. The first-order chi connectivity index (χ1) is 16.9. The Hall–Kier alpha value is -2.53. The van der Waals surface area contributed by atoms with Gasteiger partial charge in [-0.2, -0.15) is 31.6 Å². The third-order valence-electron chi connectivity index (χ3n) is 7.63. The lowest BCUT2D eigenvalue weighted by atomic mass is 9.63. The van der Waals surface area contributed by atoms with Crippen molar-refractivity contribution in [3.8, 4) is 6.07 Å². The van der Waals surface area contributed by atoms with Gasteiger partial charge in [-0.05, 0) is 68.8 Å². The monoisotopic (exact) mass is 510 g/mol. The van der Waals surface area contributed by atoms with Gasteiger partial charge in [-0.3, -0.25) is 4.90 Å². The third kappa shape index (κ3) is 6.42. The Morgan fingerprint density at radius 2 is 1.53 bits per heavy atom. The second-order valence-electron chi connectivity index (χ2n) is 9.96. The van der Waals surface area contributed by atoms with Crippen LogP contribution in [0.4, 0.5) is 26.3 Å². The van der Waals surface area contributed by atoms with E-state index < -0.39 is 28.9 Å². The molecule has 0 spiro atoms. The van der Waals surface area contributed by atoms with Crippen molar-refractivity contribution >= 4 is 0 Å². The van der Waals surface area contributed by atoms with E-state index in [0.717, 1.165) is 30.9 Å². The van der Waals surface area contributed by atoms with Crippen LogP contribution in [0.5, 0.6) is 0 Å². The first-order valence-corrected chi connectivity index (χ1v) is 12.3. The standard InChI is InChI=1S/C28H32F6N2/c1-20(36(2)18-21-9-5-3-6-10-21)15-16-26(19-35,22-11-7-4-8-12-22)23-13-14-24(27(29,30)31)25(17-23)28(32,33)34/h3,5-6,9-10,13-14,17,20,22H,4,7-8,11-12,15-16,18H2,1-2H3. The van der Waals surface area contributed by atoms with E-state index in [1.54, 1.807) is 0 Å². The van der Waals surface area contributed by atoms with Crippen molar-refractivity contribution in [3.05, 3.63) is 70.8 Å². The Kier molecular flexibility index (Phi) is 8.76. The van der Waals surface area contributed by atoms with Crippen molar-refractivity contribution in [1.29, 1.82) is 5.26 Å². The van der Waals surface area contributed by atoms with Gasteiger partial charge < -0.3 is 0 Å². The van der Waals surface area contributed by atoms with Crippen molar-refractivity contribution in [2.45, 2.75) is 82.2 Å². The minimum atomic E-state index is -5.18. The second kappa shape index (κ2) is 11.2. The molecule has 0 saturated heterocycles. The van der Waals surface area contributed by atoms with E-state index in [1.165, 1.54) is 0 Å². The summed E-state index contributed by atoms with van der Waals surface area (Å²) in [5, 5.41) is 10.4. The Balaban J connectivity index is 1.96. The highest BCUT2D eigenvalue weighted by molar-refractivity contribution is 5.43. The van der Waals surface area contributed by atoms with Gasteiger partial charge in [0.2, 0.25) is 0 Å². The van der Waals surface area contributed by atoms with Crippen molar-refractivity contribution in [1.82, 2.24) is 4.90 Å². The molecule has 2 aromatic rings. The van der Waals surface area contributed by atoms with Gasteiger partial charge in [-0.25, -0.2) is 0 Å². The Morgan fingerprint density at radius 3 is 2.08 bits per heavy atom. The van der Waals surface area contributed by atoms with E-state index in [0.29, 0.717) is 37.9 Å². The van der Waals surface area contributed by atoms with Gasteiger partial charge in [0, 0.05) is 12.6 Å². The summed E-state index contributed by atoms with van der Waals surface area (Å²) in [7, 11) is 1.95. The molecule has 1 aliphatic rings. The predicted molar refractivity (Wildman–Crippen MR) is 127 cm³/mol. The lowest BCUT2D eigenvalue weighted by molar-refractivity contribution is -0.162. The number of benzene rings is 2. The Bertz CT molecular complexity index is 1030. The van der Waals surface area contributed by atoms with Crippen LogP contribution in [0.2, 0.25) is 0 Å². The molecule has 36 heavy (non-hydrogen) atoms. The topological polar surface area (TPSA) is 27.0 Å². The Labute approximate surface area is 208 Å². The van der Waals surface area contributed by atoms with Crippen LogP contribution in [0.25, 0.3) is 0 Å². The summed E-state index contributed by atoms with van der Waals surface area (Å²) >= 11 is 0. The highest BCUT2D eigenvalue weighted by Crippen LogP contribution is 2.48. The molecule has 0 heterocycles. The molecule has 0 radical (unpaired) electrons. The summed E-state index contributed by atoms with van der Waals surface area (Å²) in [5.74, 6) is -0.208. The summed E-state index contributed by atoms with van der Waals surface area (Å²) in [6.07, 6.45) is -5.50. The molecule has 2 aromatic carbocycles. The number of rotatable bonds is 8. The molecule has 2 unspecified atom stereocenters. The molecule has 0 aromatic heterocycles. The van der Waals surface area contributed by atoms with Crippen molar-refractivity contribution < 1.29 is 26.3 Å². The molecule has 2 atom stereocenters. The van der Waals surface area contributed by atoms with E-state index in [9.17, 15) is 31.6 Å². The normalized spacial score (nSPS) is 18.0. The van der Waals surface area contributed by atoms with E-state index in [2.05, 4.69) is 11.0 Å². The number of hydrogen-bond acceptors (Lipinski definition) is 2. The number of nitriles is 1. The van der Waals surface area contributed by atoms with Gasteiger partial charge in [-0.15, -0.1) is 0 Å². The van der Waals surface area contributed by atoms with Crippen LogP contribution in [-0.4, -0.2) is 18.0 Å². The SMILES string of the molecule is CC(CCC(C#N)(c1ccc(C(F)(F)F)c(C(F)(F)F)c1)C1CCCCC1)N(C)Cc1ccccc1. The molecule has 0 aliphatic heterocycles. The van der Waals surface area contributed by atoms with E-state index in [-0.39, 0.29) is 23.9 Å². The van der Waals surface area contributed by atoms with Gasteiger partial charge in [0.1, 0.15) is 0 Å². The molecule has 1 saturated carbocycles. The third-order valence-corrected chi connectivity index (χ3v) is 7.63. The number of halogens is 6. The first kappa shape index (κ1) is 28.0. The quantitative estimate of drug-likeness (QED) is 0.334. The molecule has 1 fully saturated rings. The number of nitrogens with zero attached hydrogens (tertiary/aromatic N) is 2. The zero-order chi connectivity index (χ0) is 26.6. The van der Waals surface area contributed by atoms with Crippen LogP contribution < -0.4 is 0 Å². The smallest absolute Gasteiger partial charge is 0.299 e. The van der Waals surface area contributed by atoms with Crippen molar-refractivity contribution in [3.63, 3.8) is 0 Å². The number of alkyl halides is 6. The minimum absolute atomic E-state index is 0.0121. The van der Waals surface area contributed by atoms with Crippen LogP contribution in [0.1, 0.15) is 74.1 Å². The average Bonchev–Trinajstić information content (AvgIpc) is 2.84. The molecule has 196 valence electrons. The van der Waals surface area contributed by atoms with Crippen molar-refractivity contribution in [2.24, 2.45) is 5.92 Å². The number of hydrogen-bond donors (Lipinski definition) is 0. The van der Waals surface area contributed by atoms with Crippen LogP contribution >= 0.6 is 0 Å². The lowest BCUT2D eigenvalue weighted by Gasteiger charge is -2.40. The van der Waals surface area contributed by atoms with Gasteiger partial charge in [-0.1, -0.05) is 55.7 Å². The average molecular weight is 511 g/mol. The molecular weight excluding hydrogens is 478 g/mol. The van der Waals surface area contributed by atoms with Gasteiger partial charge in [0.05, 0.1) is 22.6 Å². The summed E-state index contributed by atoms with van der Waals surface area (Å²) in [6, 6.07) is 14.3. The maximum absolute atomic E-state index is 13.7. The van der Waals surface area contributed by atoms with E-state index in [1.807, 2.05) is 44.3 Å². The Morgan fingerprint density at radius 1 is 0.917 bits per heavy atom. The zero-order valence-electron chi connectivity index (χ0n) is 20.6. The predicted octanol–water partition coefficient (Wildman–Crippen LogP) is 8.37. The summed E-state index contributed by atoms with van der Waals surface area (Å²) < 4.78 is 81.4. The summed E-state index contributed by atoms with van der Waals surface area (Å²) in [6.45, 7) is 2.67. The zero-order valence-corrected chi connectivity index (χ0v) is 20.6. The largest absolute Gasteiger partial charge is 0.417 e. The molecule has 3 rings (SSSR count). The van der Waals surface area contributed by atoms with E-state index in [4.69, 9.17) is 0 Å². The molecule has 0 bridgehead atoms.